The van der Waals surface area contributed by atoms with Gasteiger partial charge in [0.25, 0.3) is 0 Å². The number of anilines is 1. The third-order valence-corrected chi connectivity index (χ3v) is 4.36. The average Bonchev–Trinajstić information content (AvgIpc) is 2.99. The van der Waals surface area contributed by atoms with Crippen molar-refractivity contribution >= 4 is 28.4 Å². The zero-order valence-corrected chi connectivity index (χ0v) is 15.7. The minimum Gasteiger partial charge on any atom is -0.497 e. The van der Waals surface area contributed by atoms with Gasteiger partial charge in [0, 0.05) is 42.7 Å². The van der Waals surface area contributed by atoms with E-state index in [1.54, 1.807) is 7.11 Å². The van der Waals surface area contributed by atoms with E-state index in [2.05, 4.69) is 15.6 Å². The molecule has 2 aromatic carbocycles. The Balaban J connectivity index is 2.01. The molecule has 0 spiro atoms. The van der Waals surface area contributed by atoms with Gasteiger partial charge in [-0.05, 0) is 47.9 Å². The number of hydrogen-bond acceptors (Lipinski definition) is 3. The third kappa shape index (κ3) is 4.28. The van der Waals surface area contributed by atoms with E-state index in [1.165, 1.54) is 13.8 Å². The summed E-state index contributed by atoms with van der Waals surface area (Å²) < 4.78 is 5.36. The summed E-state index contributed by atoms with van der Waals surface area (Å²) in [7, 11) is 1.65. The molecule has 1 aromatic heterocycles. The number of methoxy groups -OCH3 is 1. The second kappa shape index (κ2) is 7.95. The van der Waals surface area contributed by atoms with Crippen LogP contribution in [0.3, 0.4) is 0 Å². The van der Waals surface area contributed by atoms with Crippen LogP contribution in [0.5, 0.6) is 5.75 Å². The zero-order valence-electron chi connectivity index (χ0n) is 15.7. The Labute approximate surface area is 157 Å². The number of rotatable bonds is 6. The van der Waals surface area contributed by atoms with Crippen molar-refractivity contribution in [2.45, 2.75) is 20.3 Å². The van der Waals surface area contributed by atoms with Gasteiger partial charge in [-0.25, -0.2) is 0 Å². The highest BCUT2D eigenvalue weighted by Gasteiger charge is 2.14. The van der Waals surface area contributed by atoms with Gasteiger partial charge in [0.15, 0.2) is 0 Å². The van der Waals surface area contributed by atoms with Crippen molar-refractivity contribution in [1.29, 1.82) is 0 Å². The number of ether oxygens (including phenoxy) is 1. The highest BCUT2D eigenvalue weighted by atomic mass is 16.5. The minimum absolute atomic E-state index is 0.0476. The highest BCUT2D eigenvalue weighted by Crippen LogP contribution is 2.33. The summed E-state index contributed by atoms with van der Waals surface area (Å²) >= 11 is 0. The standard InChI is InChI=1S/C21H23N3O3/c1-13(25)22-11-10-18-19-12-17(27-3)8-9-20(19)24-21(18)15-4-6-16(7-5-15)23-14(2)26/h4-9,12,24H,10-11H2,1-3H3,(H,22,25)(H,23,26). The van der Waals surface area contributed by atoms with Crippen LogP contribution in [0, 0.1) is 0 Å². The molecule has 0 aliphatic heterocycles. The maximum atomic E-state index is 11.2. The van der Waals surface area contributed by atoms with Gasteiger partial charge in [0.05, 0.1) is 7.11 Å². The summed E-state index contributed by atoms with van der Waals surface area (Å²) in [4.78, 5) is 25.9. The van der Waals surface area contributed by atoms with Crippen molar-refractivity contribution in [2.24, 2.45) is 0 Å². The number of H-pyrrole nitrogens is 1. The van der Waals surface area contributed by atoms with Gasteiger partial charge < -0.3 is 20.4 Å². The first-order valence-corrected chi connectivity index (χ1v) is 8.79. The molecule has 3 aromatic rings. The molecule has 0 unspecified atom stereocenters. The lowest BCUT2D eigenvalue weighted by Crippen LogP contribution is -2.22. The van der Waals surface area contributed by atoms with Crippen molar-refractivity contribution in [3.05, 3.63) is 48.0 Å². The third-order valence-electron chi connectivity index (χ3n) is 4.36. The number of aromatic amines is 1. The van der Waals surface area contributed by atoms with Gasteiger partial charge in [-0.15, -0.1) is 0 Å². The molecule has 0 fully saturated rings. The Bertz CT molecular complexity index is 974. The molecule has 0 aliphatic rings. The Kier molecular flexibility index (Phi) is 5.45. The smallest absolute Gasteiger partial charge is 0.221 e. The summed E-state index contributed by atoms with van der Waals surface area (Å²) in [6.45, 7) is 3.55. The topological polar surface area (TPSA) is 83.2 Å². The van der Waals surface area contributed by atoms with Gasteiger partial charge in [-0.3, -0.25) is 9.59 Å². The van der Waals surface area contributed by atoms with Gasteiger partial charge in [0.2, 0.25) is 11.8 Å². The largest absolute Gasteiger partial charge is 0.497 e. The van der Waals surface area contributed by atoms with Crippen LogP contribution in [0.15, 0.2) is 42.5 Å². The van der Waals surface area contributed by atoms with Crippen molar-refractivity contribution in [2.75, 3.05) is 19.0 Å². The van der Waals surface area contributed by atoms with Gasteiger partial charge in [0.1, 0.15) is 5.75 Å². The van der Waals surface area contributed by atoms with Crippen LogP contribution >= 0.6 is 0 Å². The summed E-state index contributed by atoms with van der Waals surface area (Å²) in [5, 5.41) is 6.70. The van der Waals surface area contributed by atoms with Crippen LogP contribution in [0.4, 0.5) is 5.69 Å². The molecule has 6 heteroatoms. The SMILES string of the molecule is COc1ccc2[nH]c(-c3ccc(NC(C)=O)cc3)c(CCNC(C)=O)c2c1. The number of benzene rings is 2. The molecule has 0 saturated heterocycles. The van der Waals surface area contributed by atoms with Crippen LogP contribution in [0.2, 0.25) is 0 Å². The van der Waals surface area contributed by atoms with Crippen LogP contribution in [0.25, 0.3) is 22.2 Å². The van der Waals surface area contributed by atoms with Crippen molar-refractivity contribution in [1.82, 2.24) is 10.3 Å². The predicted molar refractivity (Wildman–Crippen MR) is 107 cm³/mol. The molecule has 3 N–H and O–H groups in total. The molecule has 1 heterocycles. The molecule has 0 radical (unpaired) electrons. The lowest BCUT2D eigenvalue weighted by molar-refractivity contribution is -0.119. The lowest BCUT2D eigenvalue weighted by Gasteiger charge is -2.08. The fourth-order valence-electron chi connectivity index (χ4n) is 3.15. The van der Waals surface area contributed by atoms with Crippen molar-refractivity contribution in [3.8, 4) is 17.0 Å². The molecular formula is C21H23N3O3. The Hall–Kier alpha value is -3.28. The molecule has 0 aliphatic carbocycles. The van der Waals surface area contributed by atoms with E-state index in [1.807, 2.05) is 42.5 Å². The Morgan fingerprint density at radius 1 is 1.04 bits per heavy atom. The van der Waals surface area contributed by atoms with E-state index < -0.39 is 0 Å². The summed E-state index contributed by atoms with van der Waals surface area (Å²) in [6.07, 6.45) is 0.690. The van der Waals surface area contributed by atoms with E-state index in [-0.39, 0.29) is 11.8 Å². The number of carbonyl (C=O) groups excluding carboxylic acids is 2. The van der Waals surface area contributed by atoms with Crippen LogP contribution in [-0.2, 0) is 16.0 Å². The van der Waals surface area contributed by atoms with Gasteiger partial charge >= 0.3 is 0 Å². The number of carbonyl (C=O) groups is 2. The molecule has 2 amide bonds. The van der Waals surface area contributed by atoms with Crippen LogP contribution in [0.1, 0.15) is 19.4 Å². The van der Waals surface area contributed by atoms with Crippen molar-refractivity contribution < 1.29 is 14.3 Å². The highest BCUT2D eigenvalue weighted by molar-refractivity contribution is 5.93. The van der Waals surface area contributed by atoms with E-state index in [0.717, 1.165) is 39.2 Å². The summed E-state index contributed by atoms with van der Waals surface area (Å²) in [5.41, 5.74) is 4.89. The lowest BCUT2D eigenvalue weighted by atomic mass is 10.0. The van der Waals surface area contributed by atoms with E-state index in [4.69, 9.17) is 4.74 Å². The van der Waals surface area contributed by atoms with Crippen LogP contribution in [-0.4, -0.2) is 30.5 Å². The van der Waals surface area contributed by atoms with E-state index in [0.29, 0.717) is 13.0 Å². The fourth-order valence-corrected chi connectivity index (χ4v) is 3.15. The minimum atomic E-state index is -0.101. The molecule has 6 nitrogen and oxygen atoms in total. The van der Waals surface area contributed by atoms with Gasteiger partial charge in [-0.2, -0.15) is 0 Å². The first-order chi connectivity index (χ1) is 13.0. The van der Waals surface area contributed by atoms with E-state index in [9.17, 15) is 9.59 Å². The van der Waals surface area contributed by atoms with Crippen molar-refractivity contribution in [3.63, 3.8) is 0 Å². The molecule has 140 valence electrons. The fraction of sp³-hybridized carbons (Fsp3) is 0.238. The Morgan fingerprint density at radius 2 is 1.78 bits per heavy atom. The number of aromatic nitrogens is 1. The number of nitrogens with one attached hydrogen (secondary N) is 3. The monoisotopic (exact) mass is 365 g/mol. The maximum absolute atomic E-state index is 11.2. The normalized spacial score (nSPS) is 10.6. The Morgan fingerprint density at radius 3 is 2.41 bits per heavy atom. The van der Waals surface area contributed by atoms with Crippen LogP contribution < -0.4 is 15.4 Å². The second-order valence-electron chi connectivity index (χ2n) is 6.38. The molecule has 27 heavy (non-hydrogen) atoms. The predicted octanol–water partition coefficient (Wildman–Crippen LogP) is 3.48. The summed E-state index contributed by atoms with van der Waals surface area (Å²) in [5.74, 6) is 0.639. The quantitative estimate of drug-likeness (QED) is 0.625. The number of hydrogen-bond donors (Lipinski definition) is 3. The first-order valence-electron chi connectivity index (χ1n) is 8.79. The maximum Gasteiger partial charge on any atom is 0.221 e. The summed E-state index contributed by atoms with van der Waals surface area (Å²) in [6, 6.07) is 13.6. The second-order valence-corrected chi connectivity index (χ2v) is 6.38. The molecule has 0 atom stereocenters. The zero-order chi connectivity index (χ0) is 19.4. The average molecular weight is 365 g/mol. The molecule has 3 rings (SSSR count). The van der Waals surface area contributed by atoms with E-state index >= 15 is 0 Å². The molecule has 0 bridgehead atoms. The first kappa shape index (κ1) is 18.5. The number of fused-ring (bicyclic) bond motifs is 1. The van der Waals surface area contributed by atoms with Gasteiger partial charge in [-0.1, -0.05) is 12.1 Å². The molecule has 0 saturated carbocycles. The molecular weight excluding hydrogens is 342 g/mol. The number of amides is 2.